The SMILES string of the molecule is Cn1nc(C(=O)N(CCc2cccs2)C2CCOCC2)ccc1=O. The Morgan fingerprint density at radius 2 is 2.17 bits per heavy atom. The monoisotopic (exact) mass is 347 g/mol. The molecule has 0 radical (unpaired) electrons. The molecule has 1 saturated heterocycles. The first-order chi connectivity index (χ1) is 11.6. The Morgan fingerprint density at radius 3 is 2.83 bits per heavy atom. The first-order valence-corrected chi connectivity index (χ1v) is 8.98. The van der Waals surface area contributed by atoms with Gasteiger partial charge in [-0.05, 0) is 36.8 Å². The number of aromatic nitrogens is 2. The fraction of sp³-hybridized carbons (Fsp3) is 0.471. The molecule has 1 fully saturated rings. The van der Waals surface area contributed by atoms with Crippen LogP contribution in [0, 0.1) is 0 Å². The fourth-order valence-corrected chi connectivity index (χ4v) is 3.59. The summed E-state index contributed by atoms with van der Waals surface area (Å²) in [4.78, 5) is 27.6. The minimum Gasteiger partial charge on any atom is -0.381 e. The van der Waals surface area contributed by atoms with E-state index in [0.717, 1.165) is 19.3 Å². The van der Waals surface area contributed by atoms with Crippen molar-refractivity contribution in [2.45, 2.75) is 25.3 Å². The molecule has 2 aromatic rings. The van der Waals surface area contributed by atoms with Crippen LogP contribution < -0.4 is 5.56 Å². The molecular formula is C17H21N3O3S. The van der Waals surface area contributed by atoms with Crippen LogP contribution >= 0.6 is 11.3 Å². The molecular weight excluding hydrogens is 326 g/mol. The third-order valence-corrected chi connectivity index (χ3v) is 5.19. The van der Waals surface area contributed by atoms with Crippen LogP contribution in [0.25, 0.3) is 0 Å². The Bertz CT molecular complexity index is 736. The summed E-state index contributed by atoms with van der Waals surface area (Å²) in [6, 6.07) is 7.17. The Labute approximate surface area is 144 Å². The predicted octanol–water partition coefficient (Wildman–Crippen LogP) is 1.71. The van der Waals surface area contributed by atoms with E-state index in [1.165, 1.54) is 21.7 Å². The zero-order valence-corrected chi connectivity index (χ0v) is 14.5. The maximum atomic E-state index is 13.0. The molecule has 3 rings (SSSR count). The van der Waals surface area contributed by atoms with Gasteiger partial charge in [0, 0.05) is 43.8 Å². The molecule has 7 heteroatoms. The molecule has 0 aliphatic carbocycles. The Morgan fingerprint density at radius 1 is 1.38 bits per heavy atom. The second-order valence-corrected chi connectivity index (χ2v) is 6.88. The molecule has 0 N–H and O–H groups in total. The van der Waals surface area contributed by atoms with Gasteiger partial charge in [0.05, 0.1) is 0 Å². The van der Waals surface area contributed by atoms with Gasteiger partial charge in [0.1, 0.15) is 5.69 Å². The van der Waals surface area contributed by atoms with Gasteiger partial charge in [0.2, 0.25) is 0 Å². The number of hydrogen-bond acceptors (Lipinski definition) is 5. The molecule has 1 amide bonds. The topological polar surface area (TPSA) is 64.4 Å². The number of carbonyl (C=O) groups excluding carboxylic acids is 1. The highest BCUT2D eigenvalue weighted by atomic mass is 32.1. The number of amides is 1. The van der Waals surface area contributed by atoms with Gasteiger partial charge < -0.3 is 9.64 Å². The van der Waals surface area contributed by atoms with Crippen molar-refractivity contribution in [2.24, 2.45) is 7.05 Å². The molecule has 0 aromatic carbocycles. The molecule has 24 heavy (non-hydrogen) atoms. The van der Waals surface area contributed by atoms with Crippen LogP contribution in [0.2, 0.25) is 0 Å². The zero-order chi connectivity index (χ0) is 16.9. The van der Waals surface area contributed by atoms with E-state index in [2.05, 4.69) is 11.2 Å². The van der Waals surface area contributed by atoms with Crippen molar-refractivity contribution in [3.8, 4) is 0 Å². The lowest BCUT2D eigenvalue weighted by Crippen LogP contribution is -2.45. The van der Waals surface area contributed by atoms with Gasteiger partial charge >= 0.3 is 0 Å². The highest BCUT2D eigenvalue weighted by molar-refractivity contribution is 7.09. The molecule has 2 aromatic heterocycles. The summed E-state index contributed by atoms with van der Waals surface area (Å²) < 4.78 is 6.63. The minimum atomic E-state index is -0.220. The molecule has 1 aliphatic rings. The third kappa shape index (κ3) is 3.91. The molecule has 3 heterocycles. The summed E-state index contributed by atoms with van der Waals surface area (Å²) in [6.07, 6.45) is 2.50. The van der Waals surface area contributed by atoms with Gasteiger partial charge in [-0.25, -0.2) is 4.68 Å². The Balaban J connectivity index is 1.80. The van der Waals surface area contributed by atoms with Crippen molar-refractivity contribution in [1.82, 2.24) is 14.7 Å². The second-order valence-electron chi connectivity index (χ2n) is 5.85. The molecule has 128 valence electrons. The van der Waals surface area contributed by atoms with Gasteiger partial charge in [0.25, 0.3) is 11.5 Å². The van der Waals surface area contributed by atoms with Gasteiger partial charge in [0.15, 0.2) is 0 Å². The summed E-state index contributed by atoms with van der Waals surface area (Å²) in [5, 5.41) is 6.16. The number of hydrogen-bond donors (Lipinski definition) is 0. The van der Waals surface area contributed by atoms with Gasteiger partial charge in [-0.3, -0.25) is 9.59 Å². The van der Waals surface area contributed by atoms with E-state index in [-0.39, 0.29) is 17.5 Å². The van der Waals surface area contributed by atoms with Crippen LogP contribution in [-0.4, -0.2) is 46.4 Å². The first kappa shape index (κ1) is 16.9. The maximum Gasteiger partial charge on any atom is 0.274 e. The zero-order valence-electron chi connectivity index (χ0n) is 13.7. The van der Waals surface area contributed by atoms with E-state index >= 15 is 0 Å². The van der Waals surface area contributed by atoms with E-state index in [1.807, 2.05) is 16.3 Å². The van der Waals surface area contributed by atoms with Gasteiger partial charge in [-0.15, -0.1) is 11.3 Å². The van der Waals surface area contributed by atoms with Crippen molar-refractivity contribution < 1.29 is 9.53 Å². The number of aryl methyl sites for hydroxylation is 1. The van der Waals surface area contributed by atoms with Crippen LogP contribution in [0.5, 0.6) is 0 Å². The average Bonchev–Trinajstić information content (AvgIpc) is 3.12. The molecule has 0 atom stereocenters. The van der Waals surface area contributed by atoms with E-state index in [9.17, 15) is 9.59 Å². The van der Waals surface area contributed by atoms with Crippen LogP contribution in [0.15, 0.2) is 34.4 Å². The minimum absolute atomic E-state index is 0.117. The normalized spacial score (nSPS) is 15.4. The third-order valence-electron chi connectivity index (χ3n) is 4.25. The van der Waals surface area contributed by atoms with Crippen LogP contribution in [0.1, 0.15) is 28.2 Å². The number of thiophene rings is 1. The van der Waals surface area contributed by atoms with E-state index in [4.69, 9.17) is 4.74 Å². The van der Waals surface area contributed by atoms with Crippen LogP contribution in [0.3, 0.4) is 0 Å². The number of carbonyl (C=O) groups is 1. The number of nitrogens with zero attached hydrogens (tertiary/aromatic N) is 3. The fourth-order valence-electron chi connectivity index (χ4n) is 2.90. The number of rotatable bonds is 5. The van der Waals surface area contributed by atoms with Crippen LogP contribution in [0.4, 0.5) is 0 Å². The van der Waals surface area contributed by atoms with Gasteiger partial charge in [-0.2, -0.15) is 5.10 Å². The van der Waals surface area contributed by atoms with E-state index in [1.54, 1.807) is 18.4 Å². The molecule has 0 unspecified atom stereocenters. The predicted molar refractivity (Wildman–Crippen MR) is 92.4 cm³/mol. The lowest BCUT2D eigenvalue weighted by Gasteiger charge is -2.34. The van der Waals surface area contributed by atoms with Crippen molar-refractivity contribution in [3.05, 3.63) is 50.6 Å². The maximum absolute atomic E-state index is 13.0. The molecule has 0 bridgehead atoms. The quantitative estimate of drug-likeness (QED) is 0.826. The summed E-state index contributed by atoms with van der Waals surface area (Å²) in [6.45, 7) is 2.00. The molecule has 6 nitrogen and oxygen atoms in total. The average molecular weight is 347 g/mol. The first-order valence-electron chi connectivity index (χ1n) is 8.10. The lowest BCUT2D eigenvalue weighted by atomic mass is 10.1. The van der Waals surface area contributed by atoms with Crippen molar-refractivity contribution >= 4 is 17.2 Å². The molecule has 0 spiro atoms. The van der Waals surface area contributed by atoms with Crippen molar-refractivity contribution in [2.75, 3.05) is 19.8 Å². The summed E-state index contributed by atoms with van der Waals surface area (Å²) >= 11 is 1.70. The Hall–Kier alpha value is -1.99. The highest BCUT2D eigenvalue weighted by Gasteiger charge is 2.27. The summed E-state index contributed by atoms with van der Waals surface area (Å²) in [5.41, 5.74) is 0.0949. The second kappa shape index (κ2) is 7.72. The summed E-state index contributed by atoms with van der Waals surface area (Å²) in [5.74, 6) is -0.117. The van der Waals surface area contributed by atoms with Crippen molar-refractivity contribution in [1.29, 1.82) is 0 Å². The lowest BCUT2D eigenvalue weighted by molar-refractivity contribution is 0.0289. The van der Waals surface area contributed by atoms with E-state index < -0.39 is 0 Å². The van der Waals surface area contributed by atoms with E-state index in [0.29, 0.717) is 25.5 Å². The largest absolute Gasteiger partial charge is 0.381 e. The molecule has 0 saturated carbocycles. The Kier molecular flexibility index (Phi) is 5.42. The number of ether oxygens (including phenoxy) is 1. The highest BCUT2D eigenvalue weighted by Crippen LogP contribution is 2.18. The standard InChI is InChI=1S/C17H21N3O3S/c1-19-16(21)5-4-15(18-19)17(22)20(13-7-10-23-11-8-13)9-6-14-3-2-12-24-14/h2-5,12-13H,6-11H2,1H3. The van der Waals surface area contributed by atoms with Crippen LogP contribution in [-0.2, 0) is 18.2 Å². The summed E-state index contributed by atoms with van der Waals surface area (Å²) in [7, 11) is 1.56. The smallest absolute Gasteiger partial charge is 0.274 e. The van der Waals surface area contributed by atoms with Gasteiger partial charge in [-0.1, -0.05) is 6.07 Å². The molecule has 1 aliphatic heterocycles. The van der Waals surface area contributed by atoms with Crippen molar-refractivity contribution in [3.63, 3.8) is 0 Å².